The van der Waals surface area contributed by atoms with Gasteiger partial charge in [-0.15, -0.1) is 0 Å². The summed E-state index contributed by atoms with van der Waals surface area (Å²) in [6.45, 7) is 2.67. The van der Waals surface area contributed by atoms with Gasteiger partial charge in [-0.25, -0.2) is 4.39 Å². The first kappa shape index (κ1) is 21.7. The maximum Gasteiger partial charge on any atom is 0.324 e. The van der Waals surface area contributed by atoms with E-state index in [4.69, 9.17) is 15.2 Å². The Kier molecular flexibility index (Phi) is 8.27. The van der Waals surface area contributed by atoms with E-state index in [1.54, 1.807) is 0 Å². The fraction of sp³-hybridized carbons (Fsp3) is 0.556. The number of nitrogens with zero attached hydrogens (tertiary/aromatic N) is 2. The average Bonchev–Trinajstić information content (AvgIpc) is 2.68. The lowest BCUT2D eigenvalue weighted by Crippen LogP contribution is -2.49. The second-order valence-corrected chi connectivity index (χ2v) is 6.45. The van der Waals surface area contributed by atoms with Gasteiger partial charge in [-0.05, 0) is 31.4 Å². The van der Waals surface area contributed by atoms with Crippen molar-refractivity contribution in [2.24, 2.45) is 5.73 Å². The van der Waals surface area contributed by atoms with Crippen LogP contribution in [-0.4, -0.2) is 61.0 Å². The molecule has 0 aromatic heterocycles. The minimum Gasteiger partial charge on any atom is -0.487 e. The Morgan fingerprint density at radius 3 is 2.68 bits per heavy atom. The third-order valence-corrected chi connectivity index (χ3v) is 4.62. The number of amides is 1. The van der Waals surface area contributed by atoms with Crippen LogP contribution >= 0.6 is 0 Å². The lowest BCUT2D eigenvalue weighted by atomic mass is 10.1. The number of rotatable bonds is 11. The Labute approximate surface area is 161 Å². The van der Waals surface area contributed by atoms with E-state index in [0.717, 1.165) is 25.0 Å². The van der Waals surface area contributed by atoms with Gasteiger partial charge in [-0.1, -0.05) is 6.42 Å². The summed E-state index contributed by atoms with van der Waals surface area (Å²) in [5.41, 5.74) is 4.20. The molecule has 0 radical (unpaired) electrons. The molecular weight excluding hydrogens is 373 g/mol. The number of unbranched alkanes of at least 4 members (excludes halogenated alkanes) is 2. The Morgan fingerprint density at radius 1 is 1.36 bits per heavy atom. The van der Waals surface area contributed by atoms with Crippen molar-refractivity contribution in [2.45, 2.75) is 31.7 Å². The zero-order valence-corrected chi connectivity index (χ0v) is 15.5. The van der Waals surface area contributed by atoms with Gasteiger partial charge < -0.3 is 15.2 Å². The van der Waals surface area contributed by atoms with Crippen LogP contribution in [0.2, 0.25) is 0 Å². The molecule has 10 heteroatoms. The number of nitro groups is 1. The third kappa shape index (κ3) is 5.70. The number of morpholine rings is 1. The first-order valence-corrected chi connectivity index (χ1v) is 9.11. The van der Waals surface area contributed by atoms with Crippen molar-refractivity contribution in [3.05, 3.63) is 33.6 Å². The molecule has 28 heavy (non-hydrogen) atoms. The van der Waals surface area contributed by atoms with Gasteiger partial charge in [0.1, 0.15) is 11.4 Å². The number of halogens is 1. The number of carbonyl (C=O) groups is 2. The fourth-order valence-corrected chi connectivity index (χ4v) is 3.17. The molecule has 1 aliphatic rings. The van der Waals surface area contributed by atoms with Crippen LogP contribution in [0.15, 0.2) is 12.1 Å². The van der Waals surface area contributed by atoms with Crippen LogP contribution in [0, 0.1) is 15.9 Å². The van der Waals surface area contributed by atoms with Crippen LogP contribution in [0.4, 0.5) is 10.1 Å². The normalized spacial score (nSPS) is 15.8. The molecule has 0 aliphatic carbocycles. The van der Waals surface area contributed by atoms with Gasteiger partial charge >= 0.3 is 5.69 Å². The van der Waals surface area contributed by atoms with E-state index < -0.39 is 22.0 Å². The molecule has 0 saturated carbocycles. The summed E-state index contributed by atoms with van der Waals surface area (Å²) < 4.78 is 24.2. The number of carbonyl (C=O) groups excluding carboxylic acids is 2. The zero-order chi connectivity index (χ0) is 20.5. The first-order chi connectivity index (χ1) is 13.5. The topological polar surface area (TPSA) is 125 Å². The molecule has 1 heterocycles. The van der Waals surface area contributed by atoms with Crippen LogP contribution in [-0.2, 0) is 9.53 Å². The number of hydrogen-bond donors (Lipinski definition) is 1. The van der Waals surface area contributed by atoms with Crippen molar-refractivity contribution in [1.29, 1.82) is 0 Å². The number of hydrogen-bond acceptors (Lipinski definition) is 7. The summed E-state index contributed by atoms with van der Waals surface area (Å²) in [4.78, 5) is 34.9. The molecule has 1 fully saturated rings. The maximum atomic E-state index is 13.5. The van der Waals surface area contributed by atoms with Crippen LogP contribution in [0.5, 0.6) is 5.75 Å². The van der Waals surface area contributed by atoms with Gasteiger partial charge in [0.05, 0.1) is 30.8 Å². The molecule has 2 rings (SSSR count). The molecule has 1 saturated heterocycles. The Bertz CT molecular complexity index is 709. The second-order valence-electron chi connectivity index (χ2n) is 6.45. The lowest BCUT2D eigenvalue weighted by Gasteiger charge is -2.32. The van der Waals surface area contributed by atoms with Crippen LogP contribution in [0.3, 0.4) is 0 Å². The maximum absolute atomic E-state index is 13.5. The van der Waals surface area contributed by atoms with Gasteiger partial charge in [-0.2, -0.15) is 0 Å². The summed E-state index contributed by atoms with van der Waals surface area (Å²) >= 11 is 0. The Hall–Kier alpha value is -2.59. The molecule has 1 unspecified atom stereocenters. The van der Waals surface area contributed by atoms with E-state index in [-0.39, 0.29) is 30.6 Å². The van der Waals surface area contributed by atoms with Crippen molar-refractivity contribution in [1.82, 2.24) is 4.90 Å². The van der Waals surface area contributed by atoms with E-state index in [0.29, 0.717) is 39.1 Å². The molecule has 0 bridgehead atoms. The van der Waals surface area contributed by atoms with Gasteiger partial charge in [0.15, 0.2) is 12.0 Å². The largest absolute Gasteiger partial charge is 0.487 e. The minimum absolute atomic E-state index is 0.107. The van der Waals surface area contributed by atoms with Crippen LogP contribution < -0.4 is 10.5 Å². The van der Waals surface area contributed by atoms with E-state index in [2.05, 4.69) is 0 Å². The summed E-state index contributed by atoms with van der Waals surface area (Å²) in [6.07, 6.45) is 2.76. The lowest BCUT2D eigenvalue weighted by molar-refractivity contribution is -0.386. The summed E-state index contributed by atoms with van der Waals surface area (Å²) in [5, 5.41) is 11.1. The standard InChI is InChI=1S/C18H24FN3O6/c19-14-5-6-16(17(22(25)26)13(14)12-23)28-9-3-1-2-4-15(18(20)24)21-7-10-27-11-8-21/h5-6,12,15H,1-4,7-11H2,(H2,20,24). The first-order valence-electron chi connectivity index (χ1n) is 9.11. The van der Waals surface area contributed by atoms with Crippen molar-refractivity contribution in [2.75, 3.05) is 32.9 Å². The molecule has 1 atom stereocenters. The van der Waals surface area contributed by atoms with Crippen LogP contribution in [0.25, 0.3) is 0 Å². The zero-order valence-electron chi connectivity index (χ0n) is 15.5. The number of nitrogens with two attached hydrogens (primary N) is 1. The smallest absolute Gasteiger partial charge is 0.324 e. The molecule has 154 valence electrons. The quantitative estimate of drug-likeness (QED) is 0.261. The molecule has 9 nitrogen and oxygen atoms in total. The molecule has 1 aromatic rings. The molecule has 1 amide bonds. The highest BCUT2D eigenvalue weighted by Gasteiger charge is 2.26. The predicted octanol–water partition coefficient (Wildman–Crippen LogP) is 1.67. The van der Waals surface area contributed by atoms with E-state index in [9.17, 15) is 24.1 Å². The number of benzene rings is 1. The number of primary amides is 1. The van der Waals surface area contributed by atoms with Gasteiger partial charge in [-0.3, -0.25) is 24.6 Å². The van der Waals surface area contributed by atoms with Crippen LogP contribution in [0.1, 0.15) is 36.0 Å². The number of aldehydes is 1. The summed E-state index contributed by atoms with van der Waals surface area (Å²) in [5.74, 6) is -1.46. The fourth-order valence-electron chi connectivity index (χ4n) is 3.17. The number of nitro benzene ring substituents is 1. The van der Waals surface area contributed by atoms with Gasteiger partial charge in [0.25, 0.3) is 0 Å². The molecule has 1 aliphatic heterocycles. The van der Waals surface area contributed by atoms with Crippen molar-refractivity contribution in [3.8, 4) is 5.75 Å². The predicted molar refractivity (Wildman–Crippen MR) is 97.8 cm³/mol. The molecule has 2 N–H and O–H groups in total. The Balaban J connectivity index is 1.80. The highest BCUT2D eigenvalue weighted by atomic mass is 19.1. The summed E-state index contributed by atoms with van der Waals surface area (Å²) in [7, 11) is 0. The minimum atomic E-state index is -0.963. The van der Waals surface area contributed by atoms with Gasteiger partial charge in [0, 0.05) is 13.1 Å². The van der Waals surface area contributed by atoms with E-state index >= 15 is 0 Å². The second kappa shape index (κ2) is 10.7. The Morgan fingerprint density at radius 2 is 2.07 bits per heavy atom. The number of ether oxygens (including phenoxy) is 2. The van der Waals surface area contributed by atoms with Crippen molar-refractivity contribution >= 4 is 17.9 Å². The SMILES string of the molecule is NC(=O)C(CCCCCOc1ccc(F)c(C=O)c1[N+](=O)[O-])N1CCOCC1. The van der Waals surface area contributed by atoms with E-state index in [1.807, 2.05) is 4.90 Å². The third-order valence-electron chi connectivity index (χ3n) is 4.62. The van der Waals surface area contributed by atoms with Crippen molar-refractivity contribution in [3.63, 3.8) is 0 Å². The van der Waals surface area contributed by atoms with Gasteiger partial charge in [0.2, 0.25) is 5.91 Å². The van der Waals surface area contributed by atoms with E-state index in [1.165, 1.54) is 0 Å². The highest BCUT2D eigenvalue weighted by Crippen LogP contribution is 2.31. The summed E-state index contributed by atoms with van der Waals surface area (Å²) in [6, 6.07) is 1.77. The monoisotopic (exact) mass is 397 g/mol. The molecule has 1 aromatic carbocycles. The molecule has 0 spiro atoms. The molecular formula is C18H24FN3O6. The average molecular weight is 397 g/mol. The highest BCUT2D eigenvalue weighted by molar-refractivity contribution is 5.84. The van der Waals surface area contributed by atoms with Crippen molar-refractivity contribution < 1.29 is 28.4 Å².